The van der Waals surface area contributed by atoms with Gasteiger partial charge in [-0.1, -0.05) is 39.3 Å². The van der Waals surface area contributed by atoms with E-state index in [-0.39, 0.29) is 11.6 Å². The summed E-state index contributed by atoms with van der Waals surface area (Å²) < 4.78 is 13.6. The minimum atomic E-state index is -1.12. The van der Waals surface area contributed by atoms with Crippen LogP contribution in [0.4, 0.5) is 10.1 Å². The molecule has 0 saturated carbocycles. The first kappa shape index (κ1) is 14.5. The van der Waals surface area contributed by atoms with Crippen LogP contribution in [0.25, 0.3) is 0 Å². The summed E-state index contributed by atoms with van der Waals surface area (Å²) in [6.07, 6.45) is 1.13. The standard InChI is InChI=1S/C14H20FNO2/c1-4-8-14(9(2)3,13(17)18)10-6-5-7-11(15)12(10)16/h5-7,9H,4,8,16H2,1-3H3,(H,17,18). The molecule has 0 aliphatic heterocycles. The maximum absolute atomic E-state index is 13.6. The van der Waals surface area contributed by atoms with E-state index < -0.39 is 17.2 Å². The molecule has 0 fully saturated rings. The molecule has 4 heteroatoms. The Kier molecular flexibility index (Phi) is 4.33. The van der Waals surface area contributed by atoms with Gasteiger partial charge in [-0.2, -0.15) is 0 Å². The average molecular weight is 253 g/mol. The van der Waals surface area contributed by atoms with Gasteiger partial charge in [0.2, 0.25) is 0 Å². The van der Waals surface area contributed by atoms with Crippen LogP contribution in [0.15, 0.2) is 18.2 Å². The second kappa shape index (κ2) is 5.38. The smallest absolute Gasteiger partial charge is 0.314 e. The number of nitrogens with two attached hydrogens (primary N) is 1. The number of hydrogen-bond donors (Lipinski definition) is 2. The van der Waals surface area contributed by atoms with E-state index in [9.17, 15) is 14.3 Å². The maximum atomic E-state index is 13.6. The van der Waals surface area contributed by atoms with Crippen molar-refractivity contribution in [3.05, 3.63) is 29.6 Å². The highest BCUT2D eigenvalue weighted by atomic mass is 19.1. The molecule has 1 aromatic rings. The van der Waals surface area contributed by atoms with E-state index in [1.807, 2.05) is 20.8 Å². The van der Waals surface area contributed by atoms with Crippen molar-refractivity contribution in [2.45, 2.75) is 39.0 Å². The molecule has 100 valence electrons. The average Bonchev–Trinajstić information content (AvgIpc) is 2.29. The monoisotopic (exact) mass is 253 g/mol. The summed E-state index contributed by atoms with van der Waals surface area (Å²) in [5.41, 5.74) is 4.94. The Morgan fingerprint density at radius 1 is 1.50 bits per heavy atom. The van der Waals surface area contributed by atoms with Gasteiger partial charge in [0.25, 0.3) is 0 Å². The Hall–Kier alpha value is -1.58. The van der Waals surface area contributed by atoms with Gasteiger partial charge in [-0.25, -0.2) is 4.39 Å². The Bertz CT molecular complexity index is 445. The molecule has 1 atom stereocenters. The van der Waals surface area contributed by atoms with E-state index in [1.54, 1.807) is 6.07 Å². The molecule has 1 aromatic carbocycles. The van der Waals surface area contributed by atoms with Gasteiger partial charge in [0.1, 0.15) is 5.82 Å². The minimum absolute atomic E-state index is 0.0537. The molecule has 0 heterocycles. The van der Waals surface area contributed by atoms with Crippen LogP contribution < -0.4 is 5.73 Å². The molecule has 1 rings (SSSR count). The van der Waals surface area contributed by atoms with Crippen LogP contribution in [0.1, 0.15) is 39.2 Å². The number of nitrogen functional groups attached to an aromatic ring is 1. The molecule has 0 radical (unpaired) electrons. The van der Waals surface area contributed by atoms with Crippen molar-refractivity contribution >= 4 is 11.7 Å². The quantitative estimate of drug-likeness (QED) is 0.792. The fraction of sp³-hybridized carbons (Fsp3) is 0.500. The van der Waals surface area contributed by atoms with Crippen molar-refractivity contribution in [3.8, 4) is 0 Å². The SMILES string of the molecule is CCCC(C(=O)O)(c1cccc(F)c1N)C(C)C. The van der Waals surface area contributed by atoms with Crippen molar-refractivity contribution in [2.24, 2.45) is 5.92 Å². The fourth-order valence-corrected chi connectivity index (χ4v) is 2.52. The highest BCUT2D eigenvalue weighted by Gasteiger charge is 2.44. The number of carboxylic acids is 1. The first-order chi connectivity index (χ1) is 8.37. The zero-order chi connectivity index (χ0) is 13.9. The molecule has 0 aliphatic carbocycles. The number of rotatable bonds is 5. The lowest BCUT2D eigenvalue weighted by molar-refractivity contribution is -0.146. The predicted molar refractivity (Wildman–Crippen MR) is 69.9 cm³/mol. The summed E-state index contributed by atoms with van der Waals surface area (Å²) >= 11 is 0. The van der Waals surface area contributed by atoms with Gasteiger partial charge in [0.05, 0.1) is 11.1 Å². The van der Waals surface area contributed by atoms with Crippen LogP contribution in [0.3, 0.4) is 0 Å². The van der Waals surface area contributed by atoms with E-state index in [1.165, 1.54) is 12.1 Å². The second-order valence-corrected chi connectivity index (χ2v) is 4.88. The lowest BCUT2D eigenvalue weighted by atomic mass is 9.68. The highest BCUT2D eigenvalue weighted by molar-refractivity contribution is 5.84. The van der Waals surface area contributed by atoms with Crippen molar-refractivity contribution < 1.29 is 14.3 Å². The molecular formula is C14H20FNO2. The van der Waals surface area contributed by atoms with Gasteiger partial charge in [0, 0.05) is 0 Å². The molecule has 18 heavy (non-hydrogen) atoms. The number of carboxylic acid groups (broad SMARTS) is 1. The molecule has 0 saturated heterocycles. The van der Waals surface area contributed by atoms with Crippen molar-refractivity contribution in [3.63, 3.8) is 0 Å². The molecule has 3 N–H and O–H groups in total. The van der Waals surface area contributed by atoms with Gasteiger partial charge < -0.3 is 10.8 Å². The summed E-state index contributed by atoms with van der Waals surface area (Å²) in [5, 5.41) is 9.62. The lowest BCUT2D eigenvalue weighted by Crippen LogP contribution is -2.41. The van der Waals surface area contributed by atoms with Gasteiger partial charge in [-0.15, -0.1) is 0 Å². The summed E-state index contributed by atoms with van der Waals surface area (Å²) in [7, 11) is 0. The number of hydrogen-bond acceptors (Lipinski definition) is 2. The van der Waals surface area contributed by atoms with E-state index in [0.717, 1.165) is 0 Å². The Morgan fingerprint density at radius 2 is 2.11 bits per heavy atom. The summed E-state index contributed by atoms with van der Waals surface area (Å²) in [6, 6.07) is 4.37. The van der Waals surface area contributed by atoms with Crippen LogP contribution >= 0.6 is 0 Å². The lowest BCUT2D eigenvalue weighted by Gasteiger charge is -2.34. The van der Waals surface area contributed by atoms with E-state index >= 15 is 0 Å². The second-order valence-electron chi connectivity index (χ2n) is 4.88. The molecule has 0 bridgehead atoms. The first-order valence-electron chi connectivity index (χ1n) is 6.15. The van der Waals surface area contributed by atoms with Gasteiger partial charge in [-0.05, 0) is 24.0 Å². The third-order valence-corrected chi connectivity index (χ3v) is 3.55. The van der Waals surface area contributed by atoms with E-state index in [0.29, 0.717) is 18.4 Å². The van der Waals surface area contributed by atoms with Crippen LogP contribution in [0.2, 0.25) is 0 Å². The van der Waals surface area contributed by atoms with Crippen LogP contribution in [-0.4, -0.2) is 11.1 Å². The largest absolute Gasteiger partial charge is 0.481 e. The van der Waals surface area contributed by atoms with Crippen LogP contribution in [-0.2, 0) is 10.2 Å². The molecule has 0 aliphatic rings. The van der Waals surface area contributed by atoms with Crippen molar-refractivity contribution in [2.75, 3.05) is 5.73 Å². The Balaban J connectivity index is 3.51. The number of para-hydroxylation sites is 1. The third kappa shape index (κ3) is 2.19. The van der Waals surface area contributed by atoms with Gasteiger partial charge in [0.15, 0.2) is 0 Å². The number of anilines is 1. The zero-order valence-electron chi connectivity index (χ0n) is 11.0. The third-order valence-electron chi connectivity index (χ3n) is 3.55. The van der Waals surface area contributed by atoms with Crippen molar-refractivity contribution in [1.29, 1.82) is 0 Å². The minimum Gasteiger partial charge on any atom is -0.481 e. The van der Waals surface area contributed by atoms with Crippen molar-refractivity contribution in [1.82, 2.24) is 0 Å². The topological polar surface area (TPSA) is 63.3 Å². The Labute approximate surface area is 107 Å². The molecule has 0 aromatic heterocycles. The summed E-state index contributed by atoms with van der Waals surface area (Å²) in [5.74, 6) is -1.68. The fourth-order valence-electron chi connectivity index (χ4n) is 2.52. The van der Waals surface area contributed by atoms with Crippen LogP contribution in [0.5, 0.6) is 0 Å². The maximum Gasteiger partial charge on any atom is 0.314 e. The van der Waals surface area contributed by atoms with E-state index in [4.69, 9.17) is 5.73 Å². The number of halogens is 1. The van der Waals surface area contributed by atoms with E-state index in [2.05, 4.69) is 0 Å². The first-order valence-corrected chi connectivity index (χ1v) is 6.15. The van der Waals surface area contributed by atoms with Gasteiger partial charge >= 0.3 is 5.97 Å². The summed E-state index contributed by atoms with van der Waals surface area (Å²) in [4.78, 5) is 11.7. The normalized spacial score (nSPS) is 14.5. The number of aliphatic carboxylic acids is 1. The highest BCUT2D eigenvalue weighted by Crippen LogP contribution is 2.40. The predicted octanol–water partition coefficient (Wildman–Crippen LogP) is 3.19. The zero-order valence-corrected chi connectivity index (χ0v) is 11.0. The summed E-state index contributed by atoms with van der Waals surface area (Å²) in [6.45, 7) is 5.57. The Morgan fingerprint density at radius 3 is 2.56 bits per heavy atom. The molecular weight excluding hydrogens is 233 g/mol. The van der Waals surface area contributed by atoms with Crippen LogP contribution in [0, 0.1) is 11.7 Å². The molecule has 1 unspecified atom stereocenters. The number of benzene rings is 1. The molecule has 0 amide bonds. The molecule has 0 spiro atoms. The van der Waals surface area contributed by atoms with Gasteiger partial charge in [-0.3, -0.25) is 4.79 Å². The number of carbonyl (C=O) groups is 1. The molecule has 3 nitrogen and oxygen atoms in total.